The second-order valence-corrected chi connectivity index (χ2v) is 12.7. The molecule has 0 bridgehead atoms. The first-order valence-corrected chi connectivity index (χ1v) is 15.8. The Balaban J connectivity index is 1.53. The lowest BCUT2D eigenvalue weighted by Crippen LogP contribution is -2.64. The molecule has 3 heterocycles. The van der Waals surface area contributed by atoms with Gasteiger partial charge in [0.25, 0.3) is 0 Å². The Morgan fingerprint density at radius 3 is 1.89 bits per heavy atom. The summed E-state index contributed by atoms with van der Waals surface area (Å²) in [4.78, 5) is 0. The fourth-order valence-electron chi connectivity index (χ4n) is 6.60. The van der Waals surface area contributed by atoms with Crippen LogP contribution in [-0.2, 0) is 28.4 Å². The molecule has 0 aromatic rings. The highest BCUT2D eigenvalue weighted by atomic mass is 16.8. The summed E-state index contributed by atoms with van der Waals surface area (Å²) >= 11 is 0. The smallest absolute Gasteiger partial charge is 0.187 e. The number of nitrogens with two attached hydrogens (primary N) is 6. The van der Waals surface area contributed by atoms with E-state index in [1.54, 1.807) is 0 Å². The maximum absolute atomic E-state index is 11.6. The summed E-state index contributed by atoms with van der Waals surface area (Å²) in [5, 5.41) is 73.8. The van der Waals surface area contributed by atoms with Crippen LogP contribution < -0.4 is 34.4 Å². The van der Waals surface area contributed by atoms with Crippen LogP contribution in [0.5, 0.6) is 0 Å². The molecule has 1 unspecified atom stereocenters. The molecule has 4 aliphatic rings. The highest BCUT2D eigenvalue weighted by Gasteiger charge is 2.54. The lowest BCUT2D eigenvalue weighted by atomic mass is 9.77. The first-order valence-electron chi connectivity index (χ1n) is 15.8. The van der Waals surface area contributed by atoms with Gasteiger partial charge in [0.15, 0.2) is 18.9 Å². The number of hydrogen-bond acceptors (Lipinski definition) is 19. The van der Waals surface area contributed by atoms with Crippen LogP contribution in [0.1, 0.15) is 25.7 Å². The average Bonchev–Trinajstić information content (AvgIpc) is 3.33. The van der Waals surface area contributed by atoms with Crippen LogP contribution >= 0.6 is 0 Å². The Bertz CT molecular complexity index is 933. The zero-order valence-electron chi connectivity index (χ0n) is 25.7. The third-order valence-electron chi connectivity index (χ3n) is 9.44. The third kappa shape index (κ3) is 8.33. The van der Waals surface area contributed by atoms with Crippen molar-refractivity contribution < 1.29 is 64.2 Å². The van der Waals surface area contributed by atoms with Gasteiger partial charge < -0.3 is 98.6 Å². The van der Waals surface area contributed by atoms with E-state index in [9.17, 15) is 35.7 Å². The van der Waals surface area contributed by atoms with Gasteiger partial charge in [-0.2, -0.15) is 0 Å². The Hall–Kier alpha value is -0.760. The lowest BCUT2D eigenvalue weighted by Gasteiger charge is -2.47. The standard InChI is InChI=1S/C27H54N6O13/c28-5-10(35)2-1-9-3-11(31)22(44-25-12(32)4-13(36)14(6-29)41-25)24(18(9)37)46-27-21(40)23(16(8-34)43-27)45-26-17(33)20(39)19(38)15(7-30)42-26/h9-27,34-40H,1-8,28-33H2/t9-,10?,11+,12-,13+,14-,15+,16-,17-,18+,19-,20-,21-,22-,23-,24-,25-,26-,27+/m1/s1. The van der Waals surface area contributed by atoms with E-state index in [4.69, 9.17) is 62.8 Å². The molecule has 1 aliphatic carbocycles. The van der Waals surface area contributed by atoms with Gasteiger partial charge in [0, 0.05) is 25.7 Å². The van der Waals surface area contributed by atoms with Gasteiger partial charge in [-0.25, -0.2) is 0 Å². The minimum absolute atomic E-state index is 0.000980. The fourth-order valence-corrected chi connectivity index (χ4v) is 6.60. The average molecular weight is 671 g/mol. The molecule has 0 aromatic carbocycles. The molecule has 19 heteroatoms. The molecule has 0 spiro atoms. The van der Waals surface area contributed by atoms with E-state index in [2.05, 4.69) is 0 Å². The monoisotopic (exact) mass is 670 g/mol. The number of aliphatic hydroxyl groups is 7. The molecule has 4 fully saturated rings. The molecule has 19 nitrogen and oxygen atoms in total. The van der Waals surface area contributed by atoms with Crippen LogP contribution in [0.3, 0.4) is 0 Å². The summed E-state index contributed by atoms with van der Waals surface area (Å²) in [6.45, 7) is -0.752. The maximum Gasteiger partial charge on any atom is 0.187 e. The van der Waals surface area contributed by atoms with Gasteiger partial charge in [0.05, 0.1) is 43.1 Å². The van der Waals surface area contributed by atoms with Gasteiger partial charge >= 0.3 is 0 Å². The molecular formula is C27H54N6O13. The number of aliphatic hydroxyl groups excluding tert-OH is 7. The van der Waals surface area contributed by atoms with Crippen molar-refractivity contribution in [3.8, 4) is 0 Å². The summed E-state index contributed by atoms with van der Waals surface area (Å²) in [7, 11) is 0. The molecule has 19 N–H and O–H groups in total. The molecule has 19 atom stereocenters. The second-order valence-electron chi connectivity index (χ2n) is 12.7. The van der Waals surface area contributed by atoms with Gasteiger partial charge in [-0.1, -0.05) is 0 Å². The van der Waals surface area contributed by atoms with Crippen molar-refractivity contribution >= 4 is 0 Å². The topological polar surface area (TPSA) is 353 Å². The fraction of sp³-hybridized carbons (Fsp3) is 1.00. The zero-order valence-corrected chi connectivity index (χ0v) is 25.7. The Morgan fingerprint density at radius 2 is 1.26 bits per heavy atom. The predicted octanol–water partition coefficient (Wildman–Crippen LogP) is -7.48. The van der Waals surface area contributed by atoms with Crippen LogP contribution in [0.2, 0.25) is 0 Å². The van der Waals surface area contributed by atoms with Crippen LogP contribution in [0, 0.1) is 5.92 Å². The van der Waals surface area contributed by atoms with E-state index >= 15 is 0 Å². The van der Waals surface area contributed by atoms with Crippen molar-refractivity contribution in [1.29, 1.82) is 0 Å². The second kappa shape index (κ2) is 16.8. The predicted molar refractivity (Wildman–Crippen MR) is 157 cm³/mol. The van der Waals surface area contributed by atoms with Crippen LogP contribution in [0.15, 0.2) is 0 Å². The van der Waals surface area contributed by atoms with E-state index in [1.165, 1.54) is 0 Å². The van der Waals surface area contributed by atoms with E-state index in [1.807, 2.05) is 0 Å². The Morgan fingerprint density at radius 1 is 0.652 bits per heavy atom. The van der Waals surface area contributed by atoms with Gasteiger partial charge in [0.1, 0.15) is 48.8 Å². The molecule has 270 valence electrons. The minimum Gasteiger partial charge on any atom is -0.394 e. The van der Waals surface area contributed by atoms with Gasteiger partial charge in [0.2, 0.25) is 0 Å². The summed E-state index contributed by atoms with van der Waals surface area (Å²) in [5.41, 5.74) is 35.8. The van der Waals surface area contributed by atoms with Crippen molar-refractivity contribution in [3.05, 3.63) is 0 Å². The highest BCUT2D eigenvalue weighted by molar-refractivity contribution is 5.00. The van der Waals surface area contributed by atoms with Gasteiger partial charge in [-0.3, -0.25) is 0 Å². The van der Waals surface area contributed by atoms with E-state index in [0.717, 1.165) is 0 Å². The molecule has 3 saturated heterocycles. The molecule has 46 heavy (non-hydrogen) atoms. The first-order chi connectivity index (χ1) is 21.8. The molecule has 3 aliphatic heterocycles. The van der Waals surface area contributed by atoms with Crippen molar-refractivity contribution in [3.63, 3.8) is 0 Å². The van der Waals surface area contributed by atoms with Crippen LogP contribution in [-0.4, -0.2) is 172 Å². The largest absolute Gasteiger partial charge is 0.394 e. The Kier molecular flexibility index (Phi) is 13.9. The highest BCUT2D eigenvalue weighted by Crippen LogP contribution is 2.37. The van der Waals surface area contributed by atoms with Crippen LogP contribution in [0.25, 0.3) is 0 Å². The van der Waals surface area contributed by atoms with E-state index < -0.39 is 123 Å². The molecule has 0 aromatic heterocycles. The molecule has 1 saturated carbocycles. The summed E-state index contributed by atoms with van der Waals surface area (Å²) in [6, 6.07) is -2.75. The molecule has 0 radical (unpaired) electrons. The first kappa shape index (κ1) is 38.0. The maximum atomic E-state index is 11.6. The number of hydrogen-bond donors (Lipinski definition) is 13. The van der Waals surface area contributed by atoms with Gasteiger partial charge in [-0.05, 0) is 31.6 Å². The van der Waals surface area contributed by atoms with Crippen molar-refractivity contribution in [2.45, 2.75) is 136 Å². The van der Waals surface area contributed by atoms with Gasteiger partial charge in [-0.15, -0.1) is 0 Å². The zero-order chi connectivity index (χ0) is 33.9. The normalized spacial score (nSPS) is 49.2. The van der Waals surface area contributed by atoms with Crippen molar-refractivity contribution in [2.24, 2.45) is 40.3 Å². The lowest BCUT2D eigenvalue weighted by molar-refractivity contribution is -0.299. The number of ether oxygens (including phenoxy) is 6. The molecule has 4 rings (SSSR count). The summed E-state index contributed by atoms with van der Waals surface area (Å²) in [6.07, 6.45) is -16.8. The molecule has 0 amide bonds. The van der Waals surface area contributed by atoms with E-state index in [0.29, 0.717) is 6.42 Å². The quantitative estimate of drug-likeness (QED) is 0.0865. The SMILES string of the molecule is NCC(O)CC[C@@H]1C[C@H](N)[C@@H](O[C@H]2O[C@H](CN)[C@@H](O)C[C@H]2N)[C@H](O[C@@H]2O[C@H](CO)[C@@H](O[C@H]3O[C@@H](CN)[C@@H](O)[C@H](O)[C@H]3N)[C@H]2O)[C@H]1O. The van der Waals surface area contributed by atoms with Crippen molar-refractivity contribution in [2.75, 3.05) is 26.2 Å². The summed E-state index contributed by atoms with van der Waals surface area (Å²) < 4.78 is 35.5. The number of rotatable bonds is 13. The molecular weight excluding hydrogens is 616 g/mol. The minimum atomic E-state index is -1.58. The Labute approximate surface area is 266 Å². The van der Waals surface area contributed by atoms with Crippen molar-refractivity contribution in [1.82, 2.24) is 0 Å². The summed E-state index contributed by atoms with van der Waals surface area (Å²) in [5.74, 6) is -0.477. The third-order valence-corrected chi connectivity index (χ3v) is 9.44. The van der Waals surface area contributed by atoms with Crippen LogP contribution in [0.4, 0.5) is 0 Å². The van der Waals surface area contributed by atoms with E-state index in [-0.39, 0.29) is 38.9 Å².